The number of allylic oxidation sites excluding steroid dienone is 1. The fraction of sp³-hybridized carbons (Fsp3) is 0.444. The number of carbonyl (C=O) groups is 1. The molecule has 0 aliphatic rings. The number of hydrogen-bond donors (Lipinski definition) is 1. The maximum absolute atomic E-state index is 12.0. The quantitative estimate of drug-likeness (QED) is 0.723. The van der Waals surface area contributed by atoms with Gasteiger partial charge in [-0.2, -0.15) is 0 Å². The summed E-state index contributed by atoms with van der Waals surface area (Å²) in [6, 6.07) is 7.99. The van der Waals surface area contributed by atoms with Gasteiger partial charge >= 0.3 is 0 Å². The van der Waals surface area contributed by atoms with Gasteiger partial charge in [0.25, 0.3) is 0 Å². The van der Waals surface area contributed by atoms with Crippen LogP contribution in [0.2, 0.25) is 0 Å². The van der Waals surface area contributed by atoms with Crippen LogP contribution in [0, 0.1) is 0 Å². The third-order valence-electron chi connectivity index (χ3n) is 4.02. The van der Waals surface area contributed by atoms with E-state index >= 15 is 0 Å². The molecule has 0 saturated heterocycles. The van der Waals surface area contributed by atoms with Crippen LogP contribution >= 0.6 is 0 Å². The molecule has 0 unspecified atom stereocenters. The van der Waals surface area contributed by atoms with Gasteiger partial charge in [-0.3, -0.25) is 10.1 Å². The van der Waals surface area contributed by atoms with E-state index in [2.05, 4.69) is 40.2 Å². The van der Waals surface area contributed by atoms with Crippen molar-refractivity contribution in [2.24, 2.45) is 0 Å². The average Bonchev–Trinajstić information content (AvgIpc) is 2.91. The summed E-state index contributed by atoms with van der Waals surface area (Å²) in [5, 5.41) is 2.94. The van der Waals surface area contributed by atoms with Gasteiger partial charge in [-0.05, 0) is 31.6 Å². The van der Waals surface area contributed by atoms with Gasteiger partial charge in [0.2, 0.25) is 11.9 Å². The van der Waals surface area contributed by atoms with Gasteiger partial charge in [0.05, 0.1) is 11.0 Å². The number of imidazole rings is 1. The number of anilines is 1. The van der Waals surface area contributed by atoms with Crippen LogP contribution in [-0.4, -0.2) is 40.0 Å². The molecule has 1 aromatic heterocycles. The first kappa shape index (κ1) is 17.2. The van der Waals surface area contributed by atoms with Crippen LogP contribution in [0.3, 0.4) is 0 Å². The summed E-state index contributed by atoms with van der Waals surface area (Å²) < 4.78 is 2.10. The Bertz CT molecular complexity index is 658. The third kappa shape index (κ3) is 4.42. The highest BCUT2D eigenvalue weighted by Gasteiger charge is 2.13. The Balaban J connectivity index is 2.22. The maximum Gasteiger partial charge on any atom is 0.226 e. The van der Waals surface area contributed by atoms with Gasteiger partial charge in [-0.1, -0.05) is 32.1 Å². The van der Waals surface area contributed by atoms with Crippen molar-refractivity contribution < 1.29 is 4.79 Å². The van der Waals surface area contributed by atoms with E-state index in [1.807, 2.05) is 24.3 Å². The number of rotatable bonds is 9. The number of likely N-dealkylation sites (N-methyl/N-ethyl adjacent to an activating group) is 1. The molecule has 0 aliphatic heterocycles. The molecule has 23 heavy (non-hydrogen) atoms. The molecule has 0 atom stereocenters. The average molecular weight is 314 g/mol. The molecule has 0 fully saturated rings. The van der Waals surface area contributed by atoms with Gasteiger partial charge in [0.1, 0.15) is 0 Å². The smallest absolute Gasteiger partial charge is 0.226 e. The first-order chi connectivity index (χ1) is 11.2. The van der Waals surface area contributed by atoms with E-state index in [1.165, 1.54) is 0 Å². The summed E-state index contributed by atoms with van der Waals surface area (Å²) in [6.07, 6.45) is 2.86. The fourth-order valence-corrected chi connectivity index (χ4v) is 2.60. The third-order valence-corrected chi connectivity index (χ3v) is 4.02. The van der Waals surface area contributed by atoms with E-state index in [9.17, 15) is 4.79 Å². The summed E-state index contributed by atoms with van der Waals surface area (Å²) in [5.74, 6) is 0.608. The lowest BCUT2D eigenvalue weighted by atomic mass is 10.3. The van der Waals surface area contributed by atoms with Crippen LogP contribution in [0.4, 0.5) is 5.95 Å². The van der Waals surface area contributed by atoms with E-state index in [0.717, 1.165) is 37.2 Å². The highest BCUT2D eigenvalue weighted by atomic mass is 16.1. The number of amides is 1. The van der Waals surface area contributed by atoms with Crippen molar-refractivity contribution in [1.29, 1.82) is 0 Å². The van der Waals surface area contributed by atoms with Gasteiger partial charge in [-0.15, -0.1) is 6.58 Å². The van der Waals surface area contributed by atoms with Crippen molar-refractivity contribution in [2.75, 3.05) is 25.0 Å². The Morgan fingerprint density at radius 3 is 2.78 bits per heavy atom. The van der Waals surface area contributed by atoms with E-state index in [4.69, 9.17) is 0 Å². The number of carbonyl (C=O) groups excluding carboxylic acids is 1. The fourth-order valence-electron chi connectivity index (χ4n) is 2.60. The largest absolute Gasteiger partial charge is 0.309 e. The molecule has 1 amide bonds. The second-order valence-corrected chi connectivity index (χ2v) is 5.48. The zero-order valence-corrected chi connectivity index (χ0v) is 14.1. The minimum absolute atomic E-state index is 0.0238. The molecule has 5 heteroatoms. The Labute approximate surface area is 138 Å². The monoisotopic (exact) mass is 314 g/mol. The molecule has 1 heterocycles. The van der Waals surface area contributed by atoms with Crippen molar-refractivity contribution in [3.05, 3.63) is 36.9 Å². The molecule has 1 N–H and O–H groups in total. The molecule has 2 rings (SSSR count). The van der Waals surface area contributed by atoms with Gasteiger partial charge in [0.15, 0.2) is 0 Å². The Kier molecular flexibility index (Phi) is 6.35. The minimum atomic E-state index is -0.0238. The molecule has 0 bridgehead atoms. The van der Waals surface area contributed by atoms with Crippen molar-refractivity contribution in [3.63, 3.8) is 0 Å². The van der Waals surface area contributed by atoms with Gasteiger partial charge in [0, 0.05) is 19.5 Å². The topological polar surface area (TPSA) is 50.2 Å². The van der Waals surface area contributed by atoms with Crippen LogP contribution in [-0.2, 0) is 11.3 Å². The standard InChI is InChI=1S/C18H26N4O/c1-4-7-12-17(23)20-18-19-15-10-8-9-11-16(15)22(18)14-13-21(5-2)6-3/h4,8-11H,1,5-7,12-14H2,2-3H3,(H,19,20,23). The number of nitrogens with zero attached hydrogens (tertiary/aromatic N) is 3. The molecule has 1 aromatic carbocycles. The van der Waals surface area contributed by atoms with Crippen LogP contribution in [0.1, 0.15) is 26.7 Å². The highest BCUT2D eigenvalue weighted by Crippen LogP contribution is 2.20. The van der Waals surface area contributed by atoms with Crippen LogP contribution in [0.25, 0.3) is 11.0 Å². The first-order valence-corrected chi connectivity index (χ1v) is 8.28. The minimum Gasteiger partial charge on any atom is -0.309 e. The first-order valence-electron chi connectivity index (χ1n) is 8.28. The predicted molar refractivity (Wildman–Crippen MR) is 95.6 cm³/mol. The number of aromatic nitrogens is 2. The summed E-state index contributed by atoms with van der Waals surface area (Å²) >= 11 is 0. The predicted octanol–water partition coefficient (Wildman–Crippen LogP) is 3.28. The number of para-hydroxylation sites is 2. The molecule has 2 aromatic rings. The number of benzene rings is 1. The van der Waals surface area contributed by atoms with Gasteiger partial charge in [-0.25, -0.2) is 4.98 Å². The van der Waals surface area contributed by atoms with E-state index in [0.29, 0.717) is 18.8 Å². The lowest BCUT2D eigenvalue weighted by Gasteiger charge is -2.19. The number of nitrogens with one attached hydrogen (secondary N) is 1. The van der Waals surface area contributed by atoms with Gasteiger partial charge < -0.3 is 9.47 Å². The summed E-state index contributed by atoms with van der Waals surface area (Å²) in [6.45, 7) is 11.7. The molecule has 0 spiro atoms. The van der Waals surface area contributed by atoms with Crippen LogP contribution in [0.15, 0.2) is 36.9 Å². The lowest BCUT2D eigenvalue weighted by Crippen LogP contribution is -2.27. The molecular formula is C18H26N4O. The van der Waals surface area contributed by atoms with E-state index in [1.54, 1.807) is 6.08 Å². The summed E-state index contributed by atoms with van der Waals surface area (Å²) in [5.41, 5.74) is 1.96. The van der Waals surface area contributed by atoms with Crippen molar-refractivity contribution in [2.45, 2.75) is 33.2 Å². The van der Waals surface area contributed by atoms with Crippen molar-refractivity contribution in [1.82, 2.24) is 14.5 Å². The van der Waals surface area contributed by atoms with E-state index < -0.39 is 0 Å². The Hall–Kier alpha value is -2.14. The van der Waals surface area contributed by atoms with Crippen LogP contribution < -0.4 is 5.32 Å². The Morgan fingerprint density at radius 2 is 2.09 bits per heavy atom. The summed E-state index contributed by atoms with van der Waals surface area (Å²) in [7, 11) is 0. The highest BCUT2D eigenvalue weighted by molar-refractivity contribution is 5.91. The zero-order valence-electron chi connectivity index (χ0n) is 14.1. The second kappa shape index (κ2) is 8.48. The Morgan fingerprint density at radius 1 is 1.35 bits per heavy atom. The molecule has 124 valence electrons. The molecule has 0 saturated carbocycles. The lowest BCUT2D eigenvalue weighted by molar-refractivity contribution is -0.116. The van der Waals surface area contributed by atoms with E-state index in [-0.39, 0.29) is 5.91 Å². The molecular weight excluding hydrogens is 288 g/mol. The van der Waals surface area contributed by atoms with Crippen molar-refractivity contribution >= 4 is 22.9 Å². The molecule has 0 aliphatic carbocycles. The normalized spacial score (nSPS) is 11.1. The maximum atomic E-state index is 12.0. The van der Waals surface area contributed by atoms with Crippen LogP contribution in [0.5, 0.6) is 0 Å². The SMILES string of the molecule is C=CCCC(=O)Nc1nc2ccccc2n1CCN(CC)CC. The van der Waals surface area contributed by atoms with Crippen molar-refractivity contribution in [3.8, 4) is 0 Å². The second-order valence-electron chi connectivity index (χ2n) is 5.48. The molecule has 0 radical (unpaired) electrons. The summed E-state index contributed by atoms with van der Waals surface area (Å²) in [4.78, 5) is 19.0. The number of fused-ring (bicyclic) bond motifs is 1. The zero-order chi connectivity index (χ0) is 16.7. The molecule has 5 nitrogen and oxygen atoms in total. The number of hydrogen-bond acceptors (Lipinski definition) is 3.